The molecule has 3 N–H and O–H groups in total. The van der Waals surface area contributed by atoms with E-state index in [4.69, 9.17) is 9.84 Å². The highest BCUT2D eigenvalue weighted by Crippen LogP contribution is 2.28. The molecule has 0 aliphatic heterocycles. The first-order chi connectivity index (χ1) is 9.76. The standard InChI is InChI=1S/C15H28N2O4/c1-15(2,3)9-12(8-13(18)19)17-14(20)16-6-7-21-10-11-4-5-11/h11-12H,4-10H2,1-3H3,(H,18,19)(H2,16,17,20). The van der Waals surface area contributed by atoms with Crippen molar-refractivity contribution >= 4 is 12.0 Å². The van der Waals surface area contributed by atoms with Gasteiger partial charge in [-0.25, -0.2) is 4.79 Å². The lowest BCUT2D eigenvalue weighted by Gasteiger charge is -2.25. The van der Waals surface area contributed by atoms with Crippen molar-refractivity contribution < 1.29 is 19.4 Å². The number of hydrogen-bond donors (Lipinski definition) is 3. The lowest BCUT2D eigenvalue weighted by Crippen LogP contribution is -2.45. The summed E-state index contributed by atoms with van der Waals surface area (Å²) in [5.74, 6) is -0.192. The Morgan fingerprint density at radius 2 is 2.00 bits per heavy atom. The number of hydrogen-bond acceptors (Lipinski definition) is 3. The number of carbonyl (C=O) groups is 2. The summed E-state index contributed by atoms with van der Waals surface area (Å²) in [6.07, 6.45) is 3.04. The Labute approximate surface area is 126 Å². The molecular formula is C15H28N2O4. The van der Waals surface area contributed by atoms with Gasteiger partial charge in [-0.1, -0.05) is 20.8 Å². The Hall–Kier alpha value is -1.30. The van der Waals surface area contributed by atoms with Gasteiger partial charge in [-0.3, -0.25) is 4.79 Å². The fraction of sp³-hybridized carbons (Fsp3) is 0.867. The highest BCUT2D eigenvalue weighted by molar-refractivity contribution is 5.75. The number of carbonyl (C=O) groups excluding carboxylic acids is 1. The van der Waals surface area contributed by atoms with E-state index in [2.05, 4.69) is 10.6 Å². The smallest absolute Gasteiger partial charge is 0.315 e. The van der Waals surface area contributed by atoms with E-state index in [1.807, 2.05) is 20.8 Å². The molecular weight excluding hydrogens is 272 g/mol. The molecule has 1 aliphatic carbocycles. The van der Waals surface area contributed by atoms with E-state index >= 15 is 0 Å². The van der Waals surface area contributed by atoms with Gasteiger partial charge in [-0.15, -0.1) is 0 Å². The molecule has 6 heteroatoms. The van der Waals surface area contributed by atoms with Crippen LogP contribution in [0.25, 0.3) is 0 Å². The lowest BCUT2D eigenvalue weighted by molar-refractivity contribution is -0.137. The summed E-state index contributed by atoms with van der Waals surface area (Å²) >= 11 is 0. The second-order valence-electron chi connectivity index (χ2n) is 6.98. The minimum Gasteiger partial charge on any atom is -0.481 e. The highest BCUT2D eigenvalue weighted by atomic mass is 16.5. The third-order valence-electron chi connectivity index (χ3n) is 3.20. The molecule has 1 fully saturated rings. The van der Waals surface area contributed by atoms with E-state index in [1.54, 1.807) is 0 Å². The van der Waals surface area contributed by atoms with Crippen molar-refractivity contribution in [2.75, 3.05) is 19.8 Å². The van der Waals surface area contributed by atoms with Gasteiger partial charge in [-0.2, -0.15) is 0 Å². The number of ether oxygens (including phenoxy) is 1. The second kappa shape index (κ2) is 8.22. The van der Waals surface area contributed by atoms with Gasteiger partial charge in [0.25, 0.3) is 0 Å². The van der Waals surface area contributed by atoms with Crippen LogP contribution in [0.4, 0.5) is 4.79 Å². The number of carboxylic acid groups (broad SMARTS) is 1. The first kappa shape index (κ1) is 17.8. The topological polar surface area (TPSA) is 87.7 Å². The first-order valence-electron chi connectivity index (χ1n) is 7.60. The Balaban J connectivity index is 2.20. The molecule has 2 amide bonds. The molecule has 0 aromatic carbocycles. The highest BCUT2D eigenvalue weighted by Gasteiger charge is 2.23. The number of nitrogens with one attached hydrogen (secondary N) is 2. The van der Waals surface area contributed by atoms with Gasteiger partial charge in [0.15, 0.2) is 0 Å². The zero-order valence-electron chi connectivity index (χ0n) is 13.3. The summed E-state index contributed by atoms with van der Waals surface area (Å²) in [6, 6.07) is -0.699. The van der Waals surface area contributed by atoms with Crippen LogP contribution in [0.2, 0.25) is 0 Å². The van der Waals surface area contributed by atoms with E-state index in [1.165, 1.54) is 12.8 Å². The number of aliphatic carboxylic acids is 1. The van der Waals surface area contributed by atoms with Gasteiger partial charge in [0, 0.05) is 19.2 Å². The zero-order valence-corrected chi connectivity index (χ0v) is 13.3. The third kappa shape index (κ3) is 10.1. The molecule has 1 atom stereocenters. The van der Waals surface area contributed by atoms with Crippen LogP contribution in [0.3, 0.4) is 0 Å². The van der Waals surface area contributed by atoms with E-state index < -0.39 is 5.97 Å². The molecule has 1 saturated carbocycles. The van der Waals surface area contributed by atoms with Gasteiger partial charge in [-0.05, 0) is 30.6 Å². The van der Waals surface area contributed by atoms with Crippen LogP contribution in [-0.2, 0) is 9.53 Å². The molecule has 0 spiro atoms. The molecule has 0 aromatic rings. The van der Waals surface area contributed by atoms with Crippen molar-refractivity contribution in [3.05, 3.63) is 0 Å². The summed E-state index contributed by atoms with van der Waals surface area (Å²) < 4.78 is 5.42. The summed E-state index contributed by atoms with van der Waals surface area (Å²) in [5, 5.41) is 14.3. The average Bonchev–Trinajstić information content (AvgIpc) is 3.08. The Morgan fingerprint density at radius 3 is 2.52 bits per heavy atom. The average molecular weight is 300 g/mol. The number of carboxylic acids is 1. The van der Waals surface area contributed by atoms with E-state index in [-0.39, 0.29) is 23.9 Å². The fourth-order valence-electron chi connectivity index (χ4n) is 2.13. The van der Waals surface area contributed by atoms with Crippen LogP contribution in [0, 0.1) is 11.3 Å². The van der Waals surface area contributed by atoms with E-state index in [0.717, 1.165) is 6.61 Å². The maximum absolute atomic E-state index is 11.8. The molecule has 1 unspecified atom stereocenters. The van der Waals surface area contributed by atoms with Crippen molar-refractivity contribution in [2.45, 2.75) is 52.5 Å². The first-order valence-corrected chi connectivity index (χ1v) is 7.60. The Morgan fingerprint density at radius 1 is 1.33 bits per heavy atom. The van der Waals surface area contributed by atoms with Crippen molar-refractivity contribution in [3.8, 4) is 0 Å². The lowest BCUT2D eigenvalue weighted by atomic mass is 9.87. The number of urea groups is 1. The largest absolute Gasteiger partial charge is 0.481 e. The van der Waals surface area contributed by atoms with Crippen LogP contribution in [0.15, 0.2) is 0 Å². The van der Waals surface area contributed by atoms with Crippen LogP contribution in [0.1, 0.15) is 46.5 Å². The molecule has 0 bridgehead atoms. The SMILES string of the molecule is CC(C)(C)CC(CC(=O)O)NC(=O)NCCOCC1CC1. The van der Waals surface area contributed by atoms with Crippen molar-refractivity contribution in [1.29, 1.82) is 0 Å². The quantitative estimate of drug-likeness (QED) is 0.568. The van der Waals surface area contributed by atoms with E-state index in [9.17, 15) is 9.59 Å². The molecule has 1 aliphatic rings. The molecule has 6 nitrogen and oxygen atoms in total. The molecule has 0 radical (unpaired) electrons. The minimum absolute atomic E-state index is 0.0409. The zero-order chi connectivity index (χ0) is 15.9. The number of amides is 2. The van der Waals surface area contributed by atoms with Crippen LogP contribution in [0.5, 0.6) is 0 Å². The summed E-state index contributed by atoms with van der Waals surface area (Å²) in [5.41, 5.74) is -0.0409. The van der Waals surface area contributed by atoms with Crippen molar-refractivity contribution in [2.24, 2.45) is 11.3 Å². The predicted molar refractivity (Wildman–Crippen MR) is 80.2 cm³/mol. The van der Waals surface area contributed by atoms with Crippen LogP contribution >= 0.6 is 0 Å². The van der Waals surface area contributed by atoms with Gasteiger partial charge < -0.3 is 20.5 Å². The molecule has 0 aromatic heterocycles. The molecule has 1 rings (SSSR count). The predicted octanol–water partition coefficient (Wildman–Crippen LogP) is 1.99. The molecule has 21 heavy (non-hydrogen) atoms. The molecule has 122 valence electrons. The van der Waals surface area contributed by atoms with Gasteiger partial charge >= 0.3 is 12.0 Å². The van der Waals surface area contributed by atoms with Gasteiger partial charge in [0.05, 0.1) is 13.0 Å². The third-order valence-corrected chi connectivity index (χ3v) is 3.20. The summed E-state index contributed by atoms with van der Waals surface area (Å²) in [4.78, 5) is 22.6. The minimum atomic E-state index is -0.905. The van der Waals surface area contributed by atoms with E-state index in [0.29, 0.717) is 25.5 Å². The maximum atomic E-state index is 11.8. The van der Waals surface area contributed by atoms with Crippen LogP contribution in [-0.4, -0.2) is 42.9 Å². The molecule has 0 saturated heterocycles. The van der Waals surface area contributed by atoms with Crippen LogP contribution < -0.4 is 10.6 Å². The maximum Gasteiger partial charge on any atom is 0.315 e. The van der Waals surface area contributed by atoms with Crippen molar-refractivity contribution in [1.82, 2.24) is 10.6 Å². The van der Waals surface area contributed by atoms with Gasteiger partial charge in [0.2, 0.25) is 0 Å². The second-order valence-corrected chi connectivity index (χ2v) is 6.98. The Kier molecular flexibility index (Phi) is 6.95. The Bertz CT molecular complexity index is 348. The normalized spacial score (nSPS) is 16.3. The van der Waals surface area contributed by atoms with Crippen molar-refractivity contribution in [3.63, 3.8) is 0 Å². The fourth-order valence-corrected chi connectivity index (χ4v) is 2.13. The molecule has 0 heterocycles. The monoisotopic (exact) mass is 300 g/mol. The number of rotatable bonds is 9. The van der Waals surface area contributed by atoms with Gasteiger partial charge in [0.1, 0.15) is 0 Å². The summed E-state index contributed by atoms with van der Waals surface area (Å²) in [7, 11) is 0. The summed E-state index contributed by atoms with van der Waals surface area (Å²) in [6.45, 7) is 7.77.